The maximum atomic E-state index is 8.66. The molecule has 58 valence electrons. The van der Waals surface area contributed by atoms with Crippen LogP contribution < -0.4 is 0 Å². The summed E-state index contributed by atoms with van der Waals surface area (Å²) >= 11 is 0. The predicted molar refractivity (Wildman–Crippen MR) is 48.2 cm³/mol. The molecule has 3 heteroatoms. The Labute approximate surface area is 67.8 Å². The van der Waals surface area contributed by atoms with E-state index in [4.69, 9.17) is 5.02 Å². The third kappa shape index (κ3) is 2.04. The Bertz CT molecular complexity index is 228. The second-order valence-electron chi connectivity index (χ2n) is 2.95. The Morgan fingerprint density at radius 3 is 2.73 bits per heavy atom. The fourth-order valence-electron chi connectivity index (χ4n) is 1.00. The van der Waals surface area contributed by atoms with Crippen LogP contribution in [0.15, 0.2) is 12.3 Å². The summed E-state index contributed by atoms with van der Waals surface area (Å²) in [6.45, 7) is 4.27. The van der Waals surface area contributed by atoms with Crippen LogP contribution in [0.25, 0.3) is 0 Å². The van der Waals surface area contributed by atoms with Gasteiger partial charge in [-0.25, -0.2) is 0 Å². The maximum absolute atomic E-state index is 8.66. The standard InChI is InChI=1S/C8H13BNO/c1-7(2)10-5-3-8(9-11)4-6-10/h3,5-7,11H,4H2,1-2H3/q+1. The van der Waals surface area contributed by atoms with Crippen molar-refractivity contribution in [3.63, 3.8) is 0 Å². The van der Waals surface area contributed by atoms with Gasteiger partial charge in [0.25, 0.3) is 0 Å². The molecular weight excluding hydrogens is 137 g/mol. The minimum absolute atomic E-state index is 0.506. The molecule has 0 fully saturated rings. The molecule has 2 nitrogen and oxygen atoms in total. The van der Waals surface area contributed by atoms with E-state index in [2.05, 4.69) is 24.6 Å². The fraction of sp³-hybridized carbons (Fsp3) is 0.500. The van der Waals surface area contributed by atoms with Gasteiger partial charge in [-0.05, 0) is 0 Å². The average Bonchev–Trinajstić information content (AvgIpc) is 2.05. The molecule has 11 heavy (non-hydrogen) atoms. The molecule has 0 saturated carbocycles. The fourth-order valence-corrected chi connectivity index (χ4v) is 1.00. The van der Waals surface area contributed by atoms with E-state index >= 15 is 0 Å². The van der Waals surface area contributed by atoms with Crippen LogP contribution in [0.1, 0.15) is 20.3 Å². The van der Waals surface area contributed by atoms with E-state index in [0.29, 0.717) is 6.04 Å². The third-order valence-electron chi connectivity index (χ3n) is 1.76. The number of rotatable bonds is 1. The van der Waals surface area contributed by atoms with Crippen LogP contribution in [-0.4, -0.2) is 34.4 Å². The number of nitrogens with zero attached hydrogens (tertiary/aromatic N) is 1. The van der Waals surface area contributed by atoms with Crippen LogP contribution in [0.3, 0.4) is 0 Å². The van der Waals surface area contributed by atoms with Gasteiger partial charge in [0.15, 0.2) is 0 Å². The summed E-state index contributed by atoms with van der Waals surface area (Å²) in [5, 5.41) is 8.66. The van der Waals surface area contributed by atoms with E-state index in [1.54, 1.807) is 0 Å². The Balaban J connectivity index is 2.67. The van der Waals surface area contributed by atoms with Crippen molar-refractivity contribution in [3.8, 4) is 0 Å². The number of hydrogen-bond acceptors (Lipinski definition) is 1. The van der Waals surface area contributed by atoms with Crippen LogP contribution in [0, 0.1) is 0 Å². The molecule has 0 saturated heterocycles. The minimum atomic E-state index is 0.506. The van der Waals surface area contributed by atoms with E-state index in [9.17, 15) is 0 Å². The first-order chi connectivity index (χ1) is 5.24. The molecule has 0 aromatic heterocycles. The molecule has 0 aromatic carbocycles. The Morgan fingerprint density at radius 1 is 1.64 bits per heavy atom. The van der Waals surface area contributed by atoms with Crippen LogP contribution in [0.5, 0.6) is 0 Å². The van der Waals surface area contributed by atoms with Crippen molar-refractivity contribution in [2.75, 3.05) is 0 Å². The van der Waals surface area contributed by atoms with Gasteiger partial charge in [-0.2, -0.15) is 0 Å². The summed E-state index contributed by atoms with van der Waals surface area (Å²) in [6.07, 6.45) is 6.81. The Morgan fingerprint density at radius 2 is 2.36 bits per heavy atom. The van der Waals surface area contributed by atoms with Gasteiger partial charge in [0.2, 0.25) is 0 Å². The van der Waals surface area contributed by atoms with Crippen molar-refractivity contribution in [1.29, 1.82) is 0 Å². The van der Waals surface area contributed by atoms with Crippen molar-refractivity contribution in [2.45, 2.75) is 26.3 Å². The normalized spacial score (nSPS) is 20.3. The summed E-state index contributed by atoms with van der Waals surface area (Å²) in [7, 11) is 1.16. The van der Waals surface area contributed by atoms with Gasteiger partial charge in [0.05, 0.1) is 0 Å². The predicted octanol–water partition coefficient (Wildman–Crippen LogP) is 0.179. The summed E-state index contributed by atoms with van der Waals surface area (Å²) in [6, 6.07) is 0.506. The van der Waals surface area contributed by atoms with Gasteiger partial charge in [-0.3, -0.25) is 0 Å². The zero-order valence-electron chi connectivity index (χ0n) is 6.99. The van der Waals surface area contributed by atoms with Crippen molar-refractivity contribution in [2.24, 2.45) is 0 Å². The first-order valence-electron chi connectivity index (χ1n) is 3.86. The van der Waals surface area contributed by atoms with Crippen LogP contribution >= 0.6 is 0 Å². The van der Waals surface area contributed by atoms with Crippen LogP contribution in [-0.2, 0) is 0 Å². The molecule has 0 bridgehead atoms. The monoisotopic (exact) mass is 150 g/mol. The summed E-state index contributed by atoms with van der Waals surface area (Å²) < 4.78 is 2.13. The molecule has 0 aliphatic carbocycles. The van der Waals surface area contributed by atoms with Gasteiger partial charge in [-0.15, -0.1) is 0 Å². The van der Waals surface area contributed by atoms with Crippen molar-refractivity contribution in [3.05, 3.63) is 12.3 Å². The van der Waals surface area contributed by atoms with Crippen LogP contribution in [0.2, 0.25) is 0 Å². The molecular formula is C8H13BNO+. The van der Waals surface area contributed by atoms with E-state index < -0.39 is 0 Å². The Hall–Kier alpha value is -0.855. The van der Waals surface area contributed by atoms with Gasteiger partial charge in [0, 0.05) is 0 Å². The summed E-state index contributed by atoms with van der Waals surface area (Å²) in [5.41, 5.74) is 0.960. The molecule has 0 spiro atoms. The van der Waals surface area contributed by atoms with Gasteiger partial charge in [0.1, 0.15) is 0 Å². The van der Waals surface area contributed by atoms with Crippen molar-refractivity contribution in [1.82, 2.24) is 0 Å². The zero-order valence-corrected chi connectivity index (χ0v) is 6.99. The van der Waals surface area contributed by atoms with E-state index in [0.717, 1.165) is 19.0 Å². The molecule has 1 heterocycles. The Kier molecular flexibility index (Phi) is 2.63. The molecule has 0 radical (unpaired) electrons. The van der Waals surface area contributed by atoms with Crippen molar-refractivity contribution >= 4 is 18.8 Å². The van der Waals surface area contributed by atoms with E-state index in [1.807, 2.05) is 12.3 Å². The zero-order chi connectivity index (χ0) is 8.27. The van der Waals surface area contributed by atoms with Crippen LogP contribution in [0.4, 0.5) is 0 Å². The molecule has 1 N–H and O–H groups in total. The number of hydrogen-bond donors (Lipinski definition) is 1. The third-order valence-corrected chi connectivity index (χ3v) is 1.76. The molecule has 1 aliphatic rings. The van der Waals surface area contributed by atoms with E-state index in [1.165, 1.54) is 0 Å². The molecule has 0 atom stereocenters. The molecule has 0 unspecified atom stereocenters. The van der Waals surface area contributed by atoms with Gasteiger partial charge < -0.3 is 0 Å². The quantitative estimate of drug-likeness (QED) is 0.418. The molecule has 1 rings (SSSR count). The second-order valence-corrected chi connectivity index (χ2v) is 2.95. The van der Waals surface area contributed by atoms with Gasteiger partial charge >= 0.3 is 67.0 Å². The topological polar surface area (TPSA) is 23.2 Å². The van der Waals surface area contributed by atoms with E-state index in [-0.39, 0.29) is 0 Å². The number of allylic oxidation sites excluding steroid dienone is 1. The molecule has 0 aromatic rings. The molecule has 1 aliphatic heterocycles. The SMILES string of the molecule is CC(C)[N+]1=CCC(=BO)C=C1. The molecule has 0 amide bonds. The van der Waals surface area contributed by atoms with Crippen molar-refractivity contribution < 1.29 is 9.60 Å². The first kappa shape index (κ1) is 8.24. The second kappa shape index (κ2) is 3.51. The average molecular weight is 150 g/mol. The summed E-state index contributed by atoms with van der Waals surface area (Å²) in [4.78, 5) is 0. The summed E-state index contributed by atoms with van der Waals surface area (Å²) in [5.74, 6) is 0. The van der Waals surface area contributed by atoms with Gasteiger partial charge in [-0.1, -0.05) is 0 Å². The first-order valence-corrected chi connectivity index (χ1v) is 3.86.